The number of aromatic nitrogens is 1. The van der Waals surface area contributed by atoms with Crippen LogP contribution in [0.3, 0.4) is 0 Å². The van der Waals surface area contributed by atoms with Gasteiger partial charge in [-0.3, -0.25) is 0 Å². The summed E-state index contributed by atoms with van der Waals surface area (Å²) in [6, 6.07) is 49.8. The van der Waals surface area contributed by atoms with Gasteiger partial charge >= 0.3 is 0 Å². The molecule has 230 valence electrons. The minimum absolute atomic E-state index is 0.0994. The van der Waals surface area contributed by atoms with Crippen LogP contribution in [-0.4, -0.2) is 4.57 Å². The molecule has 1 aromatic heterocycles. The Kier molecular flexibility index (Phi) is 6.52. The van der Waals surface area contributed by atoms with Gasteiger partial charge in [0, 0.05) is 21.8 Å². The number of allylic oxidation sites excluding steroid dienone is 4. The van der Waals surface area contributed by atoms with E-state index in [4.69, 9.17) is 0 Å². The van der Waals surface area contributed by atoms with Gasteiger partial charge in [-0.15, -0.1) is 0 Å². The van der Waals surface area contributed by atoms with E-state index in [1.807, 2.05) is 0 Å². The Hall–Kier alpha value is -5.66. The minimum atomic E-state index is -0.0994. The quantitative estimate of drug-likeness (QED) is 0.174. The van der Waals surface area contributed by atoms with Crippen molar-refractivity contribution in [2.45, 2.75) is 32.7 Å². The van der Waals surface area contributed by atoms with E-state index in [9.17, 15) is 0 Å². The molecular formula is C47H37N. The maximum absolute atomic E-state index is 2.53. The molecule has 0 saturated carbocycles. The molecule has 0 N–H and O–H groups in total. The summed E-state index contributed by atoms with van der Waals surface area (Å²) < 4.78 is 2.53. The lowest BCUT2D eigenvalue weighted by Gasteiger charge is -2.31. The molecule has 0 aliphatic heterocycles. The lowest BCUT2D eigenvalue weighted by Crippen LogP contribution is -2.27. The van der Waals surface area contributed by atoms with Crippen LogP contribution >= 0.6 is 0 Å². The summed E-state index contributed by atoms with van der Waals surface area (Å²) in [6.45, 7) is 6.73. The number of fused-ring (bicyclic) bond motifs is 5. The number of nitrogens with zero attached hydrogens (tertiary/aromatic N) is 1. The van der Waals surface area contributed by atoms with E-state index in [1.165, 1.54) is 87.9 Å². The monoisotopic (exact) mass is 615 g/mol. The van der Waals surface area contributed by atoms with Gasteiger partial charge in [0.25, 0.3) is 0 Å². The lowest BCUT2D eigenvalue weighted by atomic mass is 9.84. The predicted octanol–water partition coefficient (Wildman–Crippen LogP) is 13.0. The molecule has 1 nitrogen and oxygen atoms in total. The van der Waals surface area contributed by atoms with E-state index in [0.717, 1.165) is 6.42 Å². The molecule has 0 bridgehead atoms. The number of para-hydroxylation sites is 1. The van der Waals surface area contributed by atoms with Crippen molar-refractivity contribution < 1.29 is 0 Å². The first-order chi connectivity index (χ1) is 23.5. The van der Waals surface area contributed by atoms with Crippen molar-refractivity contribution in [1.29, 1.82) is 0 Å². The Labute approximate surface area is 282 Å². The fraction of sp³-hybridized carbons (Fsp3) is 0.106. The molecule has 1 heteroatoms. The zero-order valence-electron chi connectivity index (χ0n) is 27.7. The molecule has 7 aromatic carbocycles. The highest BCUT2D eigenvalue weighted by atomic mass is 15.1. The number of rotatable bonds is 4. The Morgan fingerprint density at radius 3 is 1.71 bits per heavy atom. The average Bonchev–Trinajstić information content (AvgIpc) is 3.46. The molecule has 0 saturated heterocycles. The number of hydrogen-bond acceptors (Lipinski definition) is 0. The van der Waals surface area contributed by atoms with Gasteiger partial charge in [0.1, 0.15) is 0 Å². The first kappa shape index (κ1) is 28.6. The Morgan fingerprint density at radius 1 is 0.458 bits per heavy atom. The van der Waals surface area contributed by atoms with Crippen molar-refractivity contribution in [2.24, 2.45) is 0 Å². The molecule has 1 aliphatic rings. The van der Waals surface area contributed by atoms with Crippen LogP contribution in [0, 0.1) is 13.8 Å². The van der Waals surface area contributed by atoms with Gasteiger partial charge in [-0.25, -0.2) is 0 Å². The van der Waals surface area contributed by atoms with Crippen molar-refractivity contribution in [3.05, 3.63) is 169 Å². The predicted molar refractivity (Wildman–Crippen MR) is 207 cm³/mol. The molecule has 1 aliphatic carbocycles. The van der Waals surface area contributed by atoms with Gasteiger partial charge in [0.15, 0.2) is 0 Å². The van der Waals surface area contributed by atoms with Crippen molar-refractivity contribution in [3.63, 3.8) is 0 Å². The highest BCUT2D eigenvalue weighted by Crippen LogP contribution is 2.45. The molecular weight excluding hydrogens is 579 g/mol. The van der Waals surface area contributed by atoms with Crippen LogP contribution < -0.4 is 0 Å². The third kappa shape index (κ3) is 4.46. The van der Waals surface area contributed by atoms with Gasteiger partial charge in [-0.1, -0.05) is 151 Å². The third-order valence-corrected chi connectivity index (χ3v) is 10.4. The van der Waals surface area contributed by atoms with Crippen molar-refractivity contribution in [2.75, 3.05) is 0 Å². The largest absolute Gasteiger partial charge is 0.331 e. The van der Waals surface area contributed by atoms with Crippen molar-refractivity contribution in [3.8, 4) is 33.4 Å². The molecule has 1 heterocycles. The molecule has 8 aromatic rings. The van der Waals surface area contributed by atoms with E-state index in [1.54, 1.807) is 0 Å². The van der Waals surface area contributed by atoms with Crippen LogP contribution in [-0.2, 0) is 5.54 Å². The van der Waals surface area contributed by atoms with E-state index in [-0.39, 0.29) is 5.54 Å². The van der Waals surface area contributed by atoms with Gasteiger partial charge in [-0.2, -0.15) is 0 Å². The molecule has 1 atom stereocenters. The van der Waals surface area contributed by atoms with Gasteiger partial charge < -0.3 is 4.57 Å². The van der Waals surface area contributed by atoms with E-state index in [2.05, 4.69) is 183 Å². The van der Waals surface area contributed by atoms with E-state index in [0.29, 0.717) is 0 Å². The molecule has 0 amide bonds. The summed E-state index contributed by atoms with van der Waals surface area (Å²) in [6.07, 6.45) is 9.94. The van der Waals surface area contributed by atoms with Crippen LogP contribution in [0.25, 0.3) is 76.7 Å². The third-order valence-electron chi connectivity index (χ3n) is 10.4. The van der Waals surface area contributed by atoms with Crippen LogP contribution in [0.15, 0.2) is 158 Å². The normalized spacial score (nSPS) is 16.1. The smallest absolute Gasteiger partial charge is 0.0643 e. The maximum Gasteiger partial charge on any atom is 0.0643 e. The summed E-state index contributed by atoms with van der Waals surface area (Å²) in [5, 5.41) is 7.79. The second-order valence-corrected chi connectivity index (χ2v) is 13.7. The SMILES string of the molecule is Cc1ccc2c(-c3ccc(-c4ccc5c(c4)c4ccccc4n5C4(C)C=CC=CC4)cc3)c3cc(C)ccc3c(-c3ccccc3)c2c1. The number of hydrogen-bond donors (Lipinski definition) is 0. The Bertz CT molecular complexity index is 2600. The number of aryl methyl sites for hydroxylation is 2. The highest BCUT2D eigenvalue weighted by molar-refractivity contribution is 6.21. The van der Waals surface area contributed by atoms with Crippen LogP contribution in [0.1, 0.15) is 24.5 Å². The highest BCUT2D eigenvalue weighted by Gasteiger charge is 2.27. The first-order valence-electron chi connectivity index (χ1n) is 17.0. The summed E-state index contributed by atoms with van der Waals surface area (Å²) in [4.78, 5) is 0. The van der Waals surface area contributed by atoms with Crippen LogP contribution in [0.2, 0.25) is 0 Å². The Balaban J connectivity index is 1.21. The topological polar surface area (TPSA) is 4.93 Å². The molecule has 0 fully saturated rings. The zero-order chi connectivity index (χ0) is 32.4. The molecule has 1 unspecified atom stereocenters. The molecule has 0 spiro atoms. The molecule has 0 radical (unpaired) electrons. The zero-order valence-corrected chi connectivity index (χ0v) is 27.7. The molecule has 9 rings (SSSR count). The van der Waals surface area contributed by atoms with Crippen LogP contribution in [0.4, 0.5) is 0 Å². The fourth-order valence-electron chi connectivity index (χ4n) is 8.10. The van der Waals surface area contributed by atoms with Gasteiger partial charge in [-0.05, 0) is 100 Å². The Morgan fingerprint density at radius 2 is 1.04 bits per heavy atom. The summed E-state index contributed by atoms with van der Waals surface area (Å²) in [5.74, 6) is 0. The summed E-state index contributed by atoms with van der Waals surface area (Å²) in [5.41, 5.74) is 12.6. The van der Waals surface area contributed by atoms with Crippen molar-refractivity contribution in [1.82, 2.24) is 4.57 Å². The molecule has 48 heavy (non-hydrogen) atoms. The van der Waals surface area contributed by atoms with Gasteiger partial charge in [0.05, 0.1) is 5.54 Å². The van der Waals surface area contributed by atoms with Crippen LogP contribution in [0.5, 0.6) is 0 Å². The lowest BCUT2D eigenvalue weighted by molar-refractivity contribution is 0.437. The van der Waals surface area contributed by atoms with E-state index >= 15 is 0 Å². The maximum atomic E-state index is 2.53. The summed E-state index contributed by atoms with van der Waals surface area (Å²) >= 11 is 0. The van der Waals surface area contributed by atoms with E-state index < -0.39 is 0 Å². The second kappa shape index (κ2) is 11.0. The minimum Gasteiger partial charge on any atom is -0.331 e. The standard InChI is InChI=1S/C47H37N/c1-31-17-24-39-41(28-31)45(34-12-6-4-7-13-34)38-23-16-32(2)29-42(38)46(39)35-20-18-33(19-21-35)36-22-25-44-40(30-36)37-14-8-9-15-43(37)48(44)47(3)26-10-5-11-27-47/h4-26,28-30H,27H2,1-3H3. The van der Waals surface area contributed by atoms with Crippen molar-refractivity contribution >= 4 is 43.4 Å². The number of benzene rings is 7. The first-order valence-corrected chi connectivity index (χ1v) is 17.0. The summed E-state index contributed by atoms with van der Waals surface area (Å²) in [7, 11) is 0. The second-order valence-electron chi connectivity index (χ2n) is 13.7. The van der Waals surface area contributed by atoms with Gasteiger partial charge in [0.2, 0.25) is 0 Å². The fourth-order valence-corrected chi connectivity index (χ4v) is 8.10. The average molecular weight is 616 g/mol.